The number of fused-ring (bicyclic) bond motifs is 6. The van der Waals surface area contributed by atoms with Crippen LogP contribution in [0.2, 0.25) is 0 Å². The van der Waals surface area contributed by atoms with Crippen molar-refractivity contribution in [3.63, 3.8) is 0 Å². The molecule has 3 saturated carbocycles. The zero-order valence-electron chi connectivity index (χ0n) is 19.6. The fourth-order valence-electron chi connectivity index (χ4n) is 8.06. The molecule has 2 N–H and O–H groups in total. The first-order valence-corrected chi connectivity index (χ1v) is 12.2. The smallest absolute Gasteiger partial charge is 0.284 e. The summed E-state index contributed by atoms with van der Waals surface area (Å²) in [7, 11) is 0. The maximum absolute atomic E-state index is 13.4. The van der Waals surface area contributed by atoms with Crippen molar-refractivity contribution < 1.29 is 29.3 Å². The Morgan fingerprint density at radius 3 is 2.72 bits per heavy atom. The quantitative estimate of drug-likeness (QED) is 0.679. The van der Waals surface area contributed by atoms with Gasteiger partial charge < -0.3 is 19.7 Å². The summed E-state index contributed by atoms with van der Waals surface area (Å²) in [5.74, 6) is -1.74. The maximum atomic E-state index is 13.4. The Morgan fingerprint density at radius 2 is 2.00 bits per heavy atom. The van der Waals surface area contributed by atoms with E-state index < -0.39 is 23.1 Å². The van der Waals surface area contributed by atoms with Gasteiger partial charge in [-0.05, 0) is 62.5 Å². The number of rotatable bonds is 2. The Labute approximate surface area is 190 Å². The Morgan fingerprint density at radius 1 is 1.25 bits per heavy atom. The lowest BCUT2D eigenvalue weighted by Crippen LogP contribution is -2.68. The predicted octanol–water partition coefficient (Wildman–Crippen LogP) is 3.31. The van der Waals surface area contributed by atoms with Crippen LogP contribution in [0.25, 0.3) is 0 Å². The molecule has 5 aliphatic rings. The number of ether oxygens (including phenoxy) is 2. The molecule has 176 valence electrons. The van der Waals surface area contributed by atoms with Crippen molar-refractivity contribution >= 4 is 11.6 Å². The van der Waals surface area contributed by atoms with Crippen LogP contribution >= 0.6 is 0 Å². The van der Waals surface area contributed by atoms with Crippen LogP contribution in [0, 0.1) is 34.5 Å². The molecule has 0 aromatic heterocycles. The van der Waals surface area contributed by atoms with E-state index in [9.17, 15) is 19.8 Å². The largest absolute Gasteiger partial charge is 0.393 e. The summed E-state index contributed by atoms with van der Waals surface area (Å²) in [4.78, 5) is 25.4. The lowest BCUT2D eigenvalue weighted by atomic mass is 9.46. The van der Waals surface area contributed by atoms with E-state index in [2.05, 4.69) is 13.8 Å². The van der Waals surface area contributed by atoms with E-state index in [4.69, 9.17) is 9.47 Å². The number of ketones is 2. The van der Waals surface area contributed by atoms with Gasteiger partial charge in [-0.15, -0.1) is 0 Å². The molecule has 4 aliphatic carbocycles. The minimum atomic E-state index is -1.79. The number of carbonyl (C=O) groups excluding carboxylic acids is 2. The van der Waals surface area contributed by atoms with Crippen LogP contribution in [0.15, 0.2) is 23.8 Å². The van der Waals surface area contributed by atoms with E-state index in [1.54, 1.807) is 12.2 Å². The molecule has 1 heterocycles. The third-order valence-corrected chi connectivity index (χ3v) is 10.0. The van der Waals surface area contributed by atoms with Gasteiger partial charge in [0.05, 0.1) is 6.10 Å². The summed E-state index contributed by atoms with van der Waals surface area (Å²) in [6.07, 6.45) is 8.94. The van der Waals surface area contributed by atoms with Crippen molar-refractivity contribution in [2.75, 3.05) is 6.61 Å². The molecule has 4 fully saturated rings. The second kappa shape index (κ2) is 7.08. The van der Waals surface area contributed by atoms with Crippen molar-refractivity contribution in [1.82, 2.24) is 0 Å². The number of carbonyl (C=O) groups is 2. The maximum Gasteiger partial charge on any atom is 0.284 e. The van der Waals surface area contributed by atoms with Crippen LogP contribution in [0.1, 0.15) is 66.2 Å². The molecule has 0 radical (unpaired) electrons. The fourth-order valence-corrected chi connectivity index (χ4v) is 8.06. The third kappa shape index (κ3) is 2.73. The number of aliphatic hydroxyl groups excluding tert-OH is 1. The summed E-state index contributed by atoms with van der Waals surface area (Å²) in [5.41, 5.74) is -0.950. The Bertz CT molecular complexity index is 908. The Hall–Kier alpha value is -1.34. The van der Waals surface area contributed by atoms with Crippen LogP contribution in [-0.4, -0.2) is 46.1 Å². The topological polar surface area (TPSA) is 93.1 Å². The van der Waals surface area contributed by atoms with Gasteiger partial charge in [0.25, 0.3) is 5.97 Å². The Kier molecular flexibility index (Phi) is 4.97. The molecule has 1 spiro atoms. The molecule has 9 atom stereocenters. The van der Waals surface area contributed by atoms with Crippen LogP contribution in [-0.2, 0) is 19.1 Å². The zero-order valence-corrected chi connectivity index (χ0v) is 19.6. The van der Waals surface area contributed by atoms with Gasteiger partial charge in [-0.2, -0.15) is 0 Å². The molecular formula is C26H36O6. The highest BCUT2D eigenvalue weighted by atomic mass is 16.8. The molecule has 0 bridgehead atoms. The molecule has 6 heteroatoms. The normalized spacial score (nSPS) is 51.1. The standard InChI is InChI=1S/C26H36O6/c1-5-15(2)26(30)31-14-21(29)25(32-26)11-9-19-18-7-6-16-12-17(27)8-10-23(16,3)22(18)20(28)13-24(19,25)4/h8,10,12,15,18-20,22,28,30H,5-7,9,11,13-14H2,1-4H3/t15?,18-,19-,20?,22+,23-,24-,25-,26?/m0/s1. The molecule has 0 amide bonds. The second-order valence-electron chi connectivity index (χ2n) is 11.3. The van der Waals surface area contributed by atoms with E-state index >= 15 is 0 Å². The number of allylic oxidation sites excluding steroid dienone is 4. The monoisotopic (exact) mass is 444 g/mol. The van der Waals surface area contributed by atoms with Gasteiger partial charge in [0.2, 0.25) is 0 Å². The van der Waals surface area contributed by atoms with E-state index in [0.29, 0.717) is 19.3 Å². The van der Waals surface area contributed by atoms with E-state index in [1.807, 2.05) is 19.9 Å². The number of hydrogen-bond donors (Lipinski definition) is 2. The van der Waals surface area contributed by atoms with Gasteiger partial charge in [0.1, 0.15) is 12.2 Å². The molecular weight excluding hydrogens is 408 g/mol. The molecule has 0 aromatic carbocycles. The van der Waals surface area contributed by atoms with Crippen molar-refractivity contribution in [2.45, 2.75) is 83.9 Å². The van der Waals surface area contributed by atoms with Crippen molar-refractivity contribution in [2.24, 2.45) is 34.5 Å². The molecule has 32 heavy (non-hydrogen) atoms. The highest BCUT2D eigenvalue weighted by Gasteiger charge is 2.72. The van der Waals surface area contributed by atoms with Crippen LogP contribution < -0.4 is 0 Å². The zero-order chi connectivity index (χ0) is 23.1. The highest BCUT2D eigenvalue weighted by molar-refractivity contribution is 6.01. The first-order valence-electron chi connectivity index (χ1n) is 12.2. The van der Waals surface area contributed by atoms with E-state index in [-0.39, 0.29) is 47.3 Å². The molecule has 1 saturated heterocycles. The molecule has 6 nitrogen and oxygen atoms in total. The minimum absolute atomic E-state index is 0.00321. The minimum Gasteiger partial charge on any atom is -0.393 e. The molecule has 0 aromatic rings. The molecule has 1 aliphatic heterocycles. The number of Topliss-reactive ketones (excluding diaryl/α,β-unsaturated/α-hetero) is 1. The average Bonchev–Trinajstić information content (AvgIpc) is 3.03. The fraction of sp³-hybridized carbons (Fsp3) is 0.769. The van der Waals surface area contributed by atoms with Crippen molar-refractivity contribution in [3.05, 3.63) is 23.8 Å². The van der Waals surface area contributed by atoms with Crippen molar-refractivity contribution in [3.8, 4) is 0 Å². The highest BCUT2D eigenvalue weighted by Crippen LogP contribution is 2.68. The summed E-state index contributed by atoms with van der Waals surface area (Å²) >= 11 is 0. The first-order chi connectivity index (χ1) is 15.0. The lowest BCUT2D eigenvalue weighted by Gasteiger charge is -2.61. The summed E-state index contributed by atoms with van der Waals surface area (Å²) in [6, 6.07) is 0. The average molecular weight is 445 g/mol. The van der Waals surface area contributed by atoms with Gasteiger partial charge in [-0.3, -0.25) is 9.59 Å². The van der Waals surface area contributed by atoms with Gasteiger partial charge in [0.15, 0.2) is 11.6 Å². The summed E-state index contributed by atoms with van der Waals surface area (Å²) in [5, 5.41) is 22.8. The SMILES string of the molecule is CCC(C)C1(O)OCC(=O)[C@]2(CC[C@H]3[C@@H]4CCC5=CC(=O)C=C[C@]5(C)[C@H]4C(O)C[C@@]32C)O1. The predicted molar refractivity (Wildman–Crippen MR) is 117 cm³/mol. The van der Waals surface area contributed by atoms with Gasteiger partial charge in [0, 0.05) is 22.7 Å². The Balaban J connectivity index is 1.53. The second-order valence-corrected chi connectivity index (χ2v) is 11.3. The first kappa shape index (κ1) is 22.5. The third-order valence-electron chi connectivity index (χ3n) is 10.0. The number of aliphatic hydroxyl groups is 2. The van der Waals surface area contributed by atoms with Gasteiger partial charge >= 0.3 is 0 Å². The van der Waals surface area contributed by atoms with Gasteiger partial charge in [-0.1, -0.05) is 39.3 Å². The lowest BCUT2D eigenvalue weighted by molar-refractivity contribution is -0.434. The van der Waals surface area contributed by atoms with Crippen LogP contribution in [0.3, 0.4) is 0 Å². The molecule has 3 unspecified atom stereocenters. The number of hydrogen-bond acceptors (Lipinski definition) is 6. The van der Waals surface area contributed by atoms with Crippen LogP contribution in [0.5, 0.6) is 0 Å². The summed E-state index contributed by atoms with van der Waals surface area (Å²) in [6.45, 7) is 7.90. The van der Waals surface area contributed by atoms with Gasteiger partial charge in [-0.25, -0.2) is 0 Å². The van der Waals surface area contributed by atoms with Crippen LogP contribution in [0.4, 0.5) is 0 Å². The van der Waals surface area contributed by atoms with E-state index in [0.717, 1.165) is 24.8 Å². The van der Waals surface area contributed by atoms with E-state index in [1.165, 1.54) is 0 Å². The summed E-state index contributed by atoms with van der Waals surface area (Å²) < 4.78 is 11.9. The molecule has 5 rings (SSSR count). The van der Waals surface area contributed by atoms with Crippen molar-refractivity contribution in [1.29, 1.82) is 0 Å².